The number of hydrogen-bond acceptors (Lipinski definition) is 5. The number of carbonyl (C=O) groups is 1. The first-order chi connectivity index (χ1) is 7.60. The number of epoxide rings is 1. The summed E-state index contributed by atoms with van der Waals surface area (Å²) in [6.45, 7) is 5.32. The van der Waals surface area contributed by atoms with E-state index in [1.807, 2.05) is 6.92 Å². The predicted octanol–water partition coefficient (Wildman–Crippen LogP) is 0.512. The molecule has 0 aromatic heterocycles. The van der Waals surface area contributed by atoms with Gasteiger partial charge in [0, 0.05) is 19.6 Å². The Morgan fingerprint density at radius 3 is 2.94 bits per heavy atom. The third-order valence-corrected chi connectivity index (χ3v) is 3.50. The Morgan fingerprint density at radius 1 is 1.56 bits per heavy atom. The van der Waals surface area contributed by atoms with Crippen molar-refractivity contribution in [2.45, 2.75) is 37.6 Å². The summed E-state index contributed by atoms with van der Waals surface area (Å²) in [4.78, 5) is 11.7. The molecule has 2 fully saturated rings. The normalized spacial score (nSPS) is 42.1. The van der Waals surface area contributed by atoms with Gasteiger partial charge in [0.05, 0.1) is 13.7 Å². The fourth-order valence-corrected chi connectivity index (χ4v) is 2.50. The van der Waals surface area contributed by atoms with E-state index in [1.165, 1.54) is 7.11 Å². The van der Waals surface area contributed by atoms with Crippen LogP contribution in [0.25, 0.3) is 0 Å². The van der Waals surface area contributed by atoms with Crippen LogP contribution < -0.4 is 0 Å². The van der Waals surface area contributed by atoms with Gasteiger partial charge < -0.3 is 18.9 Å². The van der Waals surface area contributed by atoms with Crippen LogP contribution in [0.15, 0.2) is 0 Å². The molecule has 5 heteroatoms. The van der Waals surface area contributed by atoms with Crippen molar-refractivity contribution in [3.63, 3.8) is 0 Å². The highest BCUT2D eigenvalue weighted by molar-refractivity contribution is 5.84. The summed E-state index contributed by atoms with van der Waals surface area (Å²) < 4.78 is 21.4. The summed E-state index contributed by atoms with van der Waals surface area (Å²) in [7, 11) is 1.37. The Hall–Kier alpha value is -0.650. The Bertz CT molecular complexity index is 290. The minimum Gasteiger partial charge on any atom is -0.467 e. The molecule has 5 nitrogen and oxygen atoms in total. The smallest absolute Gasteiger partial charge is 0.341 e. The number of esters is 1. The monoisotopic (exact) mass is 230 g/mol. The molecule has 2 aliphatic rings. The van der Waals surface area contributed by atoms with Crippen LogP contribution in [0.3, 0.4) is 0 Å². The van der Waals surface area contributed by atoms with Crippen LogP contribution in [0.4, 0.5) is 0 Å². The van der Waals surface area contributed by atoms with Crippen molar-refractivity contribution in [3.05, 3.63) is 0 Å². The molecule has 0 amide bonds. The molecular weight excluding hydrogens is 212 g/mol. The highest BCUT2D eigenvalue weighted by Crippen LogP contribution is 2.55. The third kappa shape index (κ3) is 1.46. The second-order valence-corrected chi connectivity index (χ2v) is 4.29. The highest BCUT2D eigenvalue weighted by atomic mass is 16.7. The first-order valence-electron chi connectivity index (χ1n) is 5.58. The fraction of sp³-hybridized carbons (Fsp3) is 0.909. The molecular formula is C11H18O5. The highest BCUT2D eigenvalue weighted by Gasteiger charge is 2.76. The zero-order valence-electron chi connectivity index (χ0n) is 9.95. The van der Waals surface area contributed by atoms with E-state index in [-0.39, 0.29) is 12.1 Å². The van der Waals surface area contributed by atoms with E-state index in [4.69, 9.17) is 18.9 Å². The van der Waals surface area contributed by atoms with Crippen LogP contribution in [-0.4, -0.2) is 50.2 Å². The van der Waals surface area contributed by atoms with Crippen LogP contribution in [0.2, 0.25) is 0 Å². The molecule has 3 unspecified atom stereocenters. The van der Waals surface area contributed by atoms with Crippen molar-refractivity contribution in [2.75, 3.05) is 26.9 Å². The third-order valence-electron chi connectivity index (χ3n) is 3.50. The largest absolute Gasteiger partial charge is 0.467 e. The van der Waals surface area contributed by atoms with Crippen molar-refractivity contribution >= 4 is 5.97 Å². The van der Waals surface area contributed by atoms with E-state index in [0.717, 1.165) is 0 Å². The number of carbonyl (C=O) groups excluding carboxylic acids is 1. The first-order valence-corrected chi connectivity index (χ1v) is 5.58. The molecule has 0 saturated carbocycles. The summed E-state index contributed by atoms with van der Waals surface area (Å²) in [5, 5.41) is 0. The van der Waals surface area contributed by atoms with Crippen LogP contribution in [0.1, 0.15) is 20.3 Å². The van der Waals surface area contributed by atoms with Gasteiger partial charge in [-0.15, -0.1) is 0 Å². The lowest BCUT2D eigenvalue weighted by molar-refractivity contribution is -0.146. The lowest BCUT2D eigenvalue weighted by Crippen LogP contribution is -2.48. The van der Waals surface area contributed by atoms with Crippen molar-refractivity contribution in [2.24, 2.45) is 0 Å². The number of rotatable bonds is 3. The van der Waals surface area contributed by atoms with Crippen LogP contribution >= 0.6 is 0 Å². The molecule has 2 rings (SSSR count). The molecule has 0 bridgehead atoms. The van der Waals surface area contributed by atoms with E-state index >= 15 is 0 Å². The van der Waals surface area contributed by atoms with Gasteiger partial charge in [-0.25, -0.2) is 4.79 Å². The molecule has 2 heterocycles. The van der Waals surface area contributed by atoms with E-state index in [1.54, 1.807) is 6.92 Å². The SMILES string of the molecule is CCOC1COCCC12OC2(C)C(=O)OC. The van der Waals surface area contributed by atoms with Crippen molar-refractivity contribution in [1.29, 1.82) is 0 Å². The van der Waals surface area contributed by atoms with Gasteiger partial charge in [-0.3, -0.25) is 0 Å². The lowest BCUT2D eigenvalue weighted by Gasteiger charge is -2.30. The Kier molecular flexibility index (Phi) is 2.94. The van der Waals surface area contributed by atoms with Gasteiger partial charge >= 0.3 is 5.97 Å². The maximum atomic E-state index is 11.7. The average Bonchev–Trinajstić information content (AvgIpc) is 2.89. The molecule has 0 aliphatic carbocycles. The zero-order chi connectivity index (χ0) is 11.8. The molecule has 3 atom stereocenters. The van der Waals surface area contributed by atoms with E-state index < -0.39 is 11.2 Å². The van der Waals surface area contributed by atoms with Crippen molar-refractivity contribution in [1.82, 2.24) is 0 Å². The Morgan fingerprint density at radius 2 is 2.31 bits per heavy atom. The van der Waals surface area contributed by atoms with E-state index in [0.29, 0.717) is 26.2 Å². The van der Waals surface area contributed by atoms with Gasteiger partial charge in [0.2, 0.25) is 0 Å². The molecule has 1 spiro atoms. The topological polar surface area (TPSA) is 57.3 Å². The summed E-state index contributed by atoms with van der Waals surface area (Å²) >= 11 is 0. The van der Waals surface area contributed by atoms with Crippen LogP contribution in [0.5, 0.6) is 0 Å². The van der Waals surface area contributed by atoms with Crippen LogP contribution in [0, 0.1) is 0 Å². The minimum absolute atomic E-state index is 0.185. The molecule has 0 N–H and O–H groups in total. The molecule has 0 aromatic carbocycles. The Balaban J connectivity index is 2.15. The summed E-state index contributed by atoms with van der Waals surface area (Å²) in [5.41, 5.74) is -1.42. The predicted molar refractivity (Wildman–Crippen MR) is 55.1 cm³/mol. The molecule has 92 valence electrons. The summed E-state index contributed by atoms with van der Waals surface area (Å²) in [5.74, 6) is -0.334. The number of ether oxygens (including phenoxy) is 4. The fourth-order valence-electron chi connectivity index (χ4n) is 2.50. The first kappa shape index (κ1) is 11.8. The number of hydrogen-bond donors (Lipinski definition) is 0. The maximum absolute atomic E-state index is 11.7. The van der Waals surface area contributed by atoms with Gasteiger partial charge in [-0.05, 0) is 13.8 Å². The molecule has 16 heavy (non-hydrogen) atoms. The van der Waals surface area contributed by atoms with Crippen molar-refractivity contribution in [3.8, 4) is 0 Å². The maximum Gasteiger partial charge on any atom is 0.341 e. The second-order valence-electron chi connectivity index (χ2n) is 4.29. The molecule has 2 aliphatic heterocycles. The van der Waals surface area contributed by atoms with E-state index in [9.17, 15) is 4.79 Å². The van der Waals surface area contributed by atoms with Gasteiger partial charge in [0.25, 0.3) is 0 Å². The van der Waals surface area contributed by atoms with Gasteiger partial charge in [0.1, 0.15) is 11.7 Å². The summed E-state index contributed by atoms with van der Waals surface area (Å²) in [6, 6.07) is 0. The van der Waals surface area contributed by atoms with Crippen LogP contribution in [-0.2, 0) is 23.7 Å². The lowest BCUT2D eigenvalue weighted by atomic mass is 9.85. The Labute approximate surface area is 95.0 Å². The molecule has 0 aromatic rings. The minimum atomic E-state index is -0.870. The molecule has 2 saturated heterocycles. The van der Waals surface area contributed by atoms with Gasteiger partial charge in [-0.2, -0.15) is 0 Å². The quantitative estimate of drug-likeness (QED) is 0.522. The molecule has 0 radical (unpaired) electrons. The standard InChI is InChI=1S/C11H18O5/c1-4-15-8-7-14-6-5-11(8)10(2,16-11)9(12)13-3/h8H,4-7H2,1-3H3. The second kappa shape index (κ2) is 3.98. The van der Waals surface area contributed by atoms with Crippen molar-refractivity contribution < 1.29 is 23.7 Å². The zero-order valence-corrected chi connectivity index (χ0v) is 9.95. The number of methoxy groups -OCH3 is 1. The summed E-state index contributed by atoms with van der Waals surface area (Å²) in [6.07, 6.45) is 0.485. The van der Waals surface area contributed by atoms with Gasteiger partial charge in [0.15, 0.2) is 5.60 Å². The van der Waals surface area contributed by atoms with E-state index in [2.05, 4.69) is 0 Å². The van der Waals surface area contributed by atoms with Gasteiger partial charge in [-0.1, -0.05) is 0 Å². The average molecular weight is 230 g/mol.